The summed E-state index contributed by atoms with van der Waals surface area (Å²) in [5.74, 6) is -2.36. The lowest BCUT2D eigenvalue weighted by Gasteiger charge is -2.12. The molecule has 204 valence electrons. The number of carboxylic acids is 1. The Bertz CT molecular complexity index is 1180. The van der Waals surface area contributed by atoms with Crippen LogP contribution in [-0.2, 0) is 22.4 Å². The summed E-state index contributed by atoms with van der Waals surface area (Å²) in [6.07, 6.45) is 1.76. The summed E-state index contributed by atoms with van der Waals surface area (Å²) in [5.41, 5.74) is 8.99. The fraction of sp³-hybridized carbons (Fsp3) is 0.440. The minimum Gasteiger partial charge on any atom is -0.508 e. The highest BCUT2D eigenvalue weighted by Gasteiger charge is 2.38. The van der Waals surface area contributed by atoms with Crippen molar-refractivity contribution in [3.63, 3.8) is 0 Å². The maximum Gasteiger partial charge on any atom is 0.490 e. The number of unbranched alkanes of at least 4 members (excludes halogenated alkanes) is 3. The number of rotatable bonds is 12. The molecular weight excluding hydrogens is 513 g/mol. The van der Waals surface area contributed by atoms with Gasteiger partial charge in [0.05, 0.1) is 11.3 Å². The maximum atomic E-state index is 11.6. The number of nitrogens with one attached hydrogen (secondary N) is 1. The van der Waals surface area contributed by atoms with Crippen molar-refractivity contribution in [3.8, 4) is 11.5 Å². The molecule has 0 aliphatic carbocycles. The highest BCUT2D eigenvalue weighted by molar-refractivity contribution is 7.16. The molecule has 0 saturated carbocycles. The number of phenolic OH excluding ortho intramolecular Hbond substituents is 2. The van der Waals surface area contributed by atoms with E-state index in [0.717, 1.165) is 66.7 Å². The Morgan fingerprint density at radius 1 is 1.03 bits per heavy atom. The standard InChI is InChI=1S/C23H30N2O4S.C2HF3O2/c24-18(15-17-8-11-20(27)21-22(17)30-23(28)25-21)5-3-1-2-4-13-29-14-12-16-6-9-19(26)10-7-16;3-2(4,5)1(6)7/h6-11,18,26-27H,1-5,12-15,24H2,(H,25,28);(H,6,7). The van der Waals surface area contributed by atoms with Gasteiger partial charge in [-0.15, -0.1) is 0 Å². The number of nitrogens with two attached hydrogens (primary N) is 1. The molecule has 0 radical (unpaired) electrons. The van der Waals surface area contributed by atoms with E-state index < -0.39 is 12.1 Å². The molecule has 6 N–H and O–H groups in total. The molecule has 8 nitrogen and oxygen atoms in total. The van der Waals surface area contributed by atoms with E-state index in [9.17, 15) is 28.2 Å². The van der Waals surface area contributed by atoms with Gasteiger partial charge in [-0.1, -0.05) is 48.8 Å². The van der Waals surface area contributed by atoms with Crippen LogP contribution in [0.15, 0.2) is 41.2 Å². The molecule has 0 saturated heterocycles. The molecule has 0 fully saturated rings. The van der Waals surface area contributed by atoms with Crippen LogP contribution in [0.1, 0.15) is 43.2 Å². The molecular formula is C25H31F3N2O6S. The number of aromatic nitrogens is 1. The molecule has 0 aliphatic heterocycles. The Morgan fingerprint density at radius 2 is 1.68 bits per heavy atom. The third-order valence-electron chi connectivity index (χ3n) is 5.45. The lowest BCUT2D eigenvalue weighted by molar-refractivity contribution is -0.192. The number of phenols is 2. The zero-order valence-electron chi connectivity index (χ0n) is 20.1. The fourth-order valence-corrected chi connectivity index (χ4v) is 4.42. The molecule has 12 heteroatoms. The van der Waals surface area contributed by atoms with Gasteiger partial charge in [0.1, 0.15) is 17.0 Å². The van der Waals surface area contributed by atoms with E-state index in [1.165, 1.54) is 5.56 Å². The first-order valence-corrected chi connectivity index (χ1v) is 12.5. The zero-order chi connectivity index (χ0) is 27.4. The van der Waals surface area contributed by atoms with Crippen molar-refractivity contribution in [2.24, 2.45) is 5.73 Å². The van der Waals surface area contributed by atoms with Gasteiger partial charge in [-0.3, -0.25) is 4.79 Å². The number of benzene rings is 2. The predicted molar refractivity (Wildman–Crippen MR) is 135 cm³/mol. The SMILES string of the molecule is NC(CCCCCCOCCc1ccc(O)cc1)Cc1ccc(O)c2[nH]c(=O)sc12.O=C(O)C(F)(F)F. The second-order valence-corrected chi connectivity index (χ2v) is 9.44. The number of fused-ring (bicyclic) bond motifs is 1. The third kappa shape index (κ3) is 10.8. The summed E-state index contributed by atoms with van der Waals surface area (Å²) in [6.45, 7) is 1.46. The highest BCUT2D eigenvalue weighted by atomic mass is 32.1. The molecule has 1 aromatic heterocycles. The van der Waals surface area contributed by atoms with Crippen LogP contribution in [0.5, 0.6) is 11.5 Å². The number of carboxylic acid groups (broad SMARTS) is 1. The van der Waals surface area contributed by atoms with E-state index in [1.54, 1.807) is 18.2 Å². The summed E-state index contributed by atoms with van der Waals surface area (Å²) in [7, 11) is 0. The normalized spacial score (nSPS) is 12.2. The van der Waals surface area contributed by atoms with Crippen molar-refractivity contribution in [1.29, 1.82) is 0 Å². The van der Waals surface area contributed by atoms with E-state index in [2.05, 4.69) is 4.98 Å². The van der Waals surface area contributed by atoms with Gasteiger partial charge in [-0.2, -0.15) is 13.2 Å². The number of aromatic hydroxyl groups is 2. The van der Waals surface area contributed by atoms with Gasteiger partial charge < -0.3 is 30.8 Å². The van der Waals surface area contributed by atoms with Crippen LogP contribution in [0.3, 0.4) is 0 Å². The van der Waals surface area contributed by atoms with Gasteiger partial charge in [0, 0.05) is 12.6 Å². The van der Waals surface area contributed by atoms with E-state index in [-0.39, 0.29) is 22.4 Å². The molecule has 3 aromatic rings. The van der Waals surface area contributed by atoms with Crippen molar-refractivity contribution in [2.45, 2.75) is 57.2 Å². The van der Waals surface area contributed by atoms with Crippen LogP contribution < -0.4 is 10.6 Å². The van der Waals surface area contributed by atoms with Crippen LogP contribution in [0, 0.1) is 0 Å². The van der Waals surface area contributed by atoms with Gasteiger partial charge in [-0.05, 0) is 55.0 Å². The van der Waals surface area contributed by atoms with E-state index in [4.69, 9.17) is 20.4 Å². The van der Waals surface area contributed by atoms with E-state index >= 15 is 0 Å². The van der Waals surface area contributed by atoms with Crippen molar-refractivity contribution in [1.82, 2.24) is 4.98 Å². The summed E-state index contributed by atoms with van der Waals surface area (Å²) < 4.78 is 38.2. The molecule has 3 rings (SSSR count). The van der Waals surface area contributed by atoms with Crippen molar-refractivity contribution >= 4 is 27.5 Å². The minimum absolute atomic E-state index is 0.0384. The lowest BCUT2D eigenvalue weighted by atomic mass is 10.0. The molecule has 0 bridgehead atoms. The van der Waals surface area contributed by atoms with Crippen LogP contribution in [-0.4, -0.2) is 51.7 Å². The van der Waals surface area contributed by atoms with Crippen LogP contribution >= 0.6 is 11.3 Å². The topological polar surface area (TPSA) is 146 Å². The number of alkyl halides is 3. The fourth-order valence-electron chi connectivity index (χ4n) is 3.54. The quantitative estimate of drug-likeness (QED) is 0.208. The van der Waals surface area contributed by atoms with Gasteiger partial charge in [0.2, 0.25) is 0 Å². The first-order chi connectivity index (χ1) is 17.5. The summed E-state index contributed by atoms with van der Waals surface area (Å²) in [4.78, 5) is 23.0. The molecule has 2 aromatic carbocycles. The number of ether oxygens (including phenoxy) is 1. The van der Waals surface area contributed by atoms with Crippen LogP contribution in [0.2, 0.25) is 0 Å². The summed E-state index contributed by atoms with van der Waals surface area (Å²) >= 11 is 1.12. The number of hydrogen-bond donors (Lipinski definition) is 5. The first kappa shape index (κ1) is 30.1. The van der Waals surface area contributed by atoms with E-state index in [0.29, 0.717) is 18.5 Å². The minimum atomic E-state index is -5.08. The number of hydrogen-bond acceptors (Lipinski definition) is 7. The molecule has 1 unspecified atom stereocenters. The third-order valence-corrected chi connectivity index (χ3v) is 6.41. The average Bonchev–Trinajstić information content (AvgIpc) is 3.23. The van der Waals surface area contributed by atoms with Gasteiger partial charge in [0.25, 0.3) is 0 Å². The second kappa shape index (κ2) is 14.6. The second-order valence-electron chi connectivity index (χ2n) is 8.46. The Morgan fingerprint density at radius 3 is 2.32 bits per heavy atom. The number of H-pyrrole nitrogens is 1. The Hall–Kier alpha value is -3.09. The van der Waals surface area contributed by atoms with Crippen LogP contribution in [0.25, 0.3) is 10.2 Å². The average molecular weight is 545 g/mol. The zero-order valence-corrected chi connectivity index (χ0v) is 20.9. The largest absolute Gasteiger partial charge is 0.508 e. The monoisotopic (exact) mass is 544 g/mol. The molecule has 1 atom stereocenters. The van der Waals surface area contributed by atoms with Gasteiger partial charge in [0.15, 0.2) is 0 Å². The molecule has 0 spiro atoms. The lowest BCUT2D eigenvalue weighted by Crippen LogP contribution is -2.22. The smallest absolute Gasteiger partial charge is 0.490 e. The number of thiazole rings is 1. The Kier molecular flexibility index (Phi) is 11.9. The first-order valence-electron chi connectivity index (χ1n) is 11.7. The molecule has 1 heterocycles. The summed E-state index contributed by atoms with van der Waals surface area (Å²) in [6, 6.07) is 10.7. The van der Waals surface area contributed by atoms with Crippen LogP contribution in [0.4, 0.5) is 13.2 Å². The molecule has 0 amide bonds. The predicted octanol–water partition coefficient (Wildman–Crippen LogP) is 4.71. The Balaban J connectivity index is 0.000000604. The molecule has 37 heavy (non-hydrogen) atoms. The highest BCUT2D eigenvalue weighted by Crippen LogP contribution is 2.28. The summed E-state index contributed by atoms with van der Waals surface area (Å²) in [5, 5.41) is 26.3. The van der Waals surface area contributed by atoms with Crippen molar-refractivity contribution in [3.05, 3.63) is 57.2 Å². The number of carbonyl (C=O) groups is 1. The molecule has 0 aliphatic rings. The number of aliphatic carboxylic acids is 1. The number of halogens is 3. The number of aromatic amines is 1. The van der Waals surface area contributed by atoms with Crippen molar-refractivity contribution in [2.75, 3.05) is 13.2 Å². The van der Waals surface area contributed by atoms with Crippen molar-refractivity contribution < 1.29 is 38.0 Å². The maximum absolute atomic E-state index is 11.6. The van der Waals surface area contributed by atoms with Gasteiger partial charge in [-0.25, -0.2) is 4.79 Å². The van der Waals surface area contributed by atoms with Gasteiger partial charge >= 0.3 is 17.0 Å². The van der Waals surface area contributed by atoms with E-state index in [1.807, 2.05) is 18.2 Å². The Labute approximate surface area is 215 Å².